The molecule has 3 nitrogen and oxygen atoms in total. The highest BCUT2D eigenvalue weighted by Crippen LogP contribution is 2.26. The number of fused-ring (bicyclic) bond motifs is 1. The van der Waals surface area contributed by atoms with E-state index in [-0.39, 0.29) is 11.0 Å². The van der Waals surface area contributed by atoms with E-state index in [1.165, 1.54) is 12.1 Å². The zero-order valence-corrected chi connectivity index (χ0v) is 10.8. The molecular formula is C14H8ClF2N3. The molecule has 0 bridgehead atoms. The van der Waals surface area contributed by atoms with Crippen LogP contribution in [-0.2, 0) is 0 Å². The number of aromatic nitrogens is 2. The number of hydrogen-bond acceptors (Lipinski definition) is 3. The molecule has 1 aromatic heterocycles. The van der Waals surface area contributed by atoms with E-state index in [1.54, 1.807) is 24.3 Å². The number of hydrogen-bond donors (Lipinski definition) is 1. The van der Waals surface area contributed by atoms with Crippen molar-refractivity contribution in [1.82, 2.24) is 9.97 Å². The van der Waals surface area contributed by atoms with E-state index in [0.29, 0.717) is 16.7 Å². The Bertz CT molecular complexity index is 792. The van der Waals surface area contributed by atoms with Crippen LogP contribution in [0.25, 0.3) is 10.9 Å². The summed E-state index contributed by atoms with van der Waals surface area (Å²) in [7, 11) is 0. The molecule has 0 saturated heterocycles. The Hall–Kier alpha value is -2.27. The molecule has 0 aliphatic rings. The SMILES string of the molecule is Fc1cccc(Nc2nc(Cl)nc3ccccc23)c1F. The minimum absolute atomic E-state index is 0.00933. The van der Waals surface area contributed by atoms with Gasteiger partial charge in [0, 0.05) is 5.39 Å². The molecule has 0 saturated carbocycles. The van der Waals surface area contributed by atoms with Gasteiger partial charge in [0.25, 0.3) is 0 Å². The molecule has 0 atom stereocenters. The molecule has 3 rings (SSSR count). The quantitative estimate of drug-likeness (QED) is 0.715. The van der Waals surface area contributed by atoms with Crippen LogP contribution in [-0.4, -0.2) is 9.97 Å². The fraction of sp³-hybridized carbons (Fsp3) is 0. The van der Waals surface area contributed by atoms with E-state index in [2.05, 4.69) is 15.3 Å². The zero-order valence-electron chi connectivity index (χ0n) is 10.1. The average molecular weight is 292 g/mol. The minimum Gasteiger partial charge on any atom is -0.337 e. The molecule has 0 aliphatic carbocycles. The molecule has 6 heteroatoms. The summed E-state index contributed by atoms with van der Waals surface area (Å²) in [6.45, 7) is 0. The number of anilines is 2. The second kappa shape index (κ2) is 5.02. The first kappa shape index (κ1) is 12.7. The van der Waals surface area contributed by atoms with Crippen LogP contribution in [0.2, 0.25) is 5.28 Å². The molecule has 0 amide bonds. The second-order valence-corrected chi connectivity index (χ2v) is 4.42. The summed E-state index contributed by atoms with van der Waals surface area (Å²) in [5, 5.41) is 3.44. The summed E-state index contributed by atoms with van der Waals surface area (Å²) in [4.78, 5) is 8.09. The summed E-state index contributed by atoms with van der Waals surface area (Å²) >= 11 is 5.83. The Balaban J connectivity index is 2.13. The molecule has 3 aromatic rings. The lowest BCUT2D eigenvalue weighted by atomic mass is 10.2. The van der Waals surface area contributed by atoms with E-state index >= 15 is 0 Å². The van der Waals surface area contributed by atoms with Crippen molar-refractivity contribution >= 4 is 34.0 Å². The highest BCUT2D eigenvalue weighted by atomic mass is 35.5. The lowest BCUT2D eigenvalue weighted by molar-refractivity contribution is 0.512. The fourth-order valence-corrected chi connectivity index (χ4v) is 2.05. The van der Waals surface area contributed by atoms with Crippen LogP contribution in [0.4, 0.5) is 20.3 Å². The van der Waals surface area contributed by atoms with Crippen molar-refractivity contribution in [2.45, 2.75) is 0 Å². The molecule has 2 aromatic carbocycles. The Labute approximate surface area is 118 Å². The maximum Gasteiger partial charge on any atom is 0.224 e. The van der Waals surface area contributed by atoms with E-state index in [1.807, 2.05) is 0 Å². The van der Waals surface area contributed by atoms with Gasteiger partial charge in [0.2, 0.25) is 5.28 Å². The highest BCUT2D eigenvalue weighted by molar-refractivity contribution is 6.28. The van der Waals surface area contributed by atoms with Gasteiger partial charge >= 0.3 is 0 Å². The summed E-state index contributed by atoms with van der Waals surface area (Å²) in [5.74, 6) is -1.57. The van der Waals surface area contributed by atoms with E-state index < -0.39 is 11.6 Å². The molecular weight excluding hydrogens is 284 g/mol. The van der Waals surface area contributed by atoms with Crippen molar-refractivity contribution in [1.29, 1.82) is 0 Å². The van der Waals surface area contributed by atoms with Gasteiger partial charge < -0.3 is 5.32 Å². The first-order chi connectivity index (χ1) is 9.65. The van der Waals surface area contributed by atoms with Crippen LogP contribution in [0.1, 0.15) is 0 Å². The first-order valence-corrected chi connectivity index (χ1v) is 6.16. The molecule has 0 aliphatic heterocycles. The van der Waals surface area contributed by atoms with Gasteiger partial charge in [0.15, 0.2) is 11.6 Å². The van der Waals surface area contributed by atoms with Gasteiger partial charge in [-0.25, -0.2) is 13.8 Å². The Morgan fingerprint density at radius 2 is 1.75 bits per heavy atom. The van der Waals surface area contributed by atoms with Crippen LogP contribution in [0.5, 0.6) is 0 Å². The number of rotatable bonds is 2. The number of halogens is 3. The van der Waals surface area contributed by atoms with E-state index in [4.69, 9.17) is 11.6 Å². The molecule has 20 heavy (non-hydrogen) atoms. The van der Waals surface area contributed by atoms with Gasteiger partial charge in [0.1, 0.15) is 5.82 Å². The third-order valence-electron chi connectivity index (χ3n) is 2.78. The Kier molecular flexibility index (Phi) is 3.20. The van der Waals surface area contributed by atoms with Gasteiger partial charge in [-0.3, -0.25) is 0 Å². The average Bonchev–Trinajstić information content (AvgIpc) is 2.43. The summed E-state index contributed by atoms with van der Waals surface area (Å²) < 4.78 is 26.9. The van der Waals surface area contributed by atoms with Crippen LogP contribution in [0.3, 0.4) is 0 Å². The molecule has 0 spiro atoms. The summed E-state index contributed by atoms with van der Waals surface area (Å²) in [5.41, 5.74) is 0.608. The van der Waals surface area contributed by atoms with Gasteiger partial charge in [-0.2, -0.15) is 4.98 Å². The van der Waals surface area contributed by atoms with Crippen LogP contribution in [0, 0.1) is 11.6 Å². The van der Waals surface area contributed by atoms with Gasteiger partial charge in [-0.05, 0) is 35.9 Å². The number of nitrogens with one attached hydrogen (secondary N) is 1. The van der Waals surface area contributed by atoms with Crippen LogP contribution < -0.4 is 5.32 Å². The number of para-hydroxylation sites is 1. The Morgan fingerprint density at radius 3 is 2.60 bits per heavy atom. The van der Waals surface area contributed by atoms with Crippen molar-refractivity contribution in [2.75, 3.05) is 5.32 Å². The lowest BCUT2D eigenvalue weighted by Crippen LogP contribution is -2.00. The van der Waals surface area contributed by atoms with Crippen molar-refractivity contribution in [3.05, 3.63) is 59.4 Å². The van der Waals surface area contributed by atoms with Gasteiger partial charge in [0.05, 0.1) is 11.2 Å². The molecule has 1 heterocycles. The summed E-state index contributed by atoms with van der Waals surface area (Å²) in [6, 6.07) is 11.0. The van der Waals surface area contributed by atoms with Crippen molar-refractivity contribution in [2.24, 2.45) is 0 Å². The molecule has 0 radical (unpaired) electrons. The topological polar surface area (TPSA) is 37.8 Å². The smallest absolute Gasteiger partial charge is 0.224 e. The maximum atomic E-state index is 13.7. The van der Waals surface area contributed by atoms with Crippen LogP contribution >= 0.6 is 11.6 Å². The fourth-order valence-electron chi connectivity index (χ4n) is 1.87. The van der Waals surface area contributed by atoms with Crippen molar-refractivity contribution in [3.63, 3.8) is 0 Å². The molecule has 1 N–H and O–H groups in total. The lowest BCUT2D eigenvalue weighted by Gasteiger charge is -2.10. The molecule has 0 unspecified atom stereocenters. The van der Waals surface area contributed by atoms with E-state index in [9.17, 15) is 8.78 Å². The predicted molar refractivity (Wildman–Crippen MR) is 74.2 cm³/mol. The largest absolute Gasteiger partial charge is 0.337 e. The third-order valence-corrected chi connectivity index (χ3v) is 2.95. The van der Waals surface area contributed by atoms with Gasteiger partial charge in [-0.15, -0.1) is 0 Å². The molecule has 0 fully saturated rings. The molecule has 100 valence electrons. The van der Waals surface area contributed by atoms with Crippen LogP contribution in [0.15, 0.2) is 42.5 Å². The monoisotopic (exact) mass is 291 g/mol. The van der Waals surface area contributed by atoms with E-state index in [0.717, 1.165) is 6.07 Å². The number of benzene rings is 2. The first-order valence-electron chi connectivity index (χ1n) is 5.78. The summed E-state index contributed by atoms with van der Waals surface area (Å²) in [6.07, 6.45) is 0. The highest BCUT2D eigenvalue weighted by Gasteiger charge is 2.11. The maximum absolute atomic E-state index is 13.7. The normalized spacial score (nSPS) is 10.8. The predicted octanol–water partition coefficient (Wildman–Crippen LogP) is 4.31. The van der Waals surface area contributed by atoms with Gasteiger partial charge in [-0.1, -0.05) is 18.2 Å². The number of nitrogens with zero attached hydrogens (tertiary/aromatic N) is 2. The minimum atomic E-state index is -0.966. The van der Waals surface area contributed by atoms with Crippen molar-refractivity contribution < 1.29 is 8.78 Å². The zero-order chi connectivity index (χ0) is 14.1. The second-order valence-electron chi connectivity index (χ2n) is 4.08. The standard InChI is InChI=1S/C14H8ClF2N3/c15-14-19-10-6-2-1-4-8(10)13(20-14)18-11-7-3-5-9(16)12(11)17/h1-7H,(H,18,19,20). The van der Waals surface area contributed by atoms with Crippen molar-refractivity contribution in [3.8, 4) is 0 Å². The third kappa shape index (κ3) is 2.28. The Morgan fingerprint density at radius 1 is 0.950 bits per heavy atom.